The molecule has 0 fully saturated rings. The van der Waals surface area contributed by atoms with E-state index in [2.05, 4.69) is 10.3 Å². The maximum atomic E-state index is 11.6. The molecular formula is C13H15ClN2O3. The molecule has 0 bridgehead atoms. The Morgan fingerprint density at radius 2 is 2.11 bits per heavy atom. The molecule has 1 heterocycles. The Hall–Kier alpha value is -1.75. The molecule has 1 unspecified atom stereocenters. The number of aliphatic imine (C=N–C) groups is 1. The Morgan fingerprint density at radius 1 is 1.37 bits per heavy atom. The average Bonchev–Trinajstić information content (AvgIpc) is 2.79. The first-order chi connectivity index (χ1) is 9.10. The van der Waals surface area contributed by atoms with Crippen molar-refractivity contribution >= 4 is 23.3 Å². The van der Waals surface area contributed by atoms with Gasteiger partial charge in [0.2, 0.25) is 5.91 Å². The third kappa shape index (κ3) is 2.51. The Kier molecular flexibility index (Phi) is 3.95. The fraction of sp³-hybridized carbons (Fsp3) is 0.385. The number of hydrogen-bond donors (Lipinski definition) is 1. The molecule has 1 amide bonds. The zero-order valence-corrected chi connectivity index (χ0v) is 11.7. The van der Waals surface area contributed by atoms with Gasteiger partial charge in [-0.2, -0.15) is 0 Å². The molecule has 1 atom stereocenters. The standard InChI is InChI=1S/C13H15ClN2O3/c1-4-9-13(17)16-12(15-9)7-5-8(14)11(19-3)10(6-7)18-2/h5-6,9H,4H2,1-3H3,(H,15,16,17). The van der Waals surface area contributed by atoms with Crippen molar-refractivity contribution in [3.05, 3.63) is 22.7 Å². The van der Waals surface area contributed by atoms with Crippen LogP contribution in [0.5, 0.6) is 11.5 Å². The van der Waals surface area contributed by atoms with Gasteiger partial charge in [-0.3, -0.25) is 9.79 Å². The number of carbonyl (C=O) groups excluding carboxylic acids is 1. The van der Waals surface area contributed by atoms with Gasteiger partial charge in [0.05, 0.1) is 19.2 Å². The van der Waals surface area contributed by atoms with Gasteiger partial charge in [-0.05, 0) is 18.6 Å². The first-order valence-corrected chi connectivity index (χ1v) is 6.29. The minimum atomic E-state index is -0.332. The summed E-state index contributed by atoms with van der Waals surface area (Å²) in [6, 6.07) is 3.10. The number of carbonyl (C=O) groups is 1. The maximum absolute atomic E-state index is 11.6. The molecule has 1 aliphatic rings. The molecule has 0 radical (unpaired) electrons. The highest BCUT2D eigenvalue weighted by Gasteiger charge is 2.26. The molecule has 6 heteroatoms. The topological polar surface area (TPSA) is 59.9 Å². The summed E-state index contributed by atoms with van der Waals surface area (Å²) < 4.78 is 10.4. The Morgan fingerprint density at radius 3 is 2.63 bits per heavy atom. The predicted molar refractivity (Wildman–Crippen MR) is 73.3 cm³/mol. The van der Waals surface area contributed by atoms with Crippen LogP contribution in [0.4, 0.5) is 0 Å². The zero-order chi connectivity index (χ0) is 14.0. The second kappa shape index (κ2) is 5.48. The maximum Gasteiger partial charge on any atom is 0.250 e. The molecule has 0 saturated heterocycles. The molecule has 1 aromatic carbocycles. The van der Waals surface area contributed by atoms with Crippen LogP contribution in [0.3, 0.4) is 0 Å². The lowest BCUT2D eigenvalue weighted by molar-refractivity contribution is -0.120. The van der Waals surface area contributed by atoms with Gasteiger partial charge in [-0.15, -0.1) is 0 Å². The average molecular weight is 283 g/mol. The van der Waals surface area contributed by atoms with Crippen LogP contribution in [0, 0.1) is 0 Å². The van der Waals surface area contributed by atoms with Crippen molar-refractivity contribution in [2.45, 2.75) is 19.4 Å². The van der Waals surface area contributed by atoms with Crippen LogP contribution in [0.1, 0.15) is 18.9 Å². The highest BCUT2D eigenvalue weighted by Crippen LogP contribution is 2.36. The van der Waals surface area contributed by atoms with E-state index in [1.54, 1.807) is 12.1 Å². The van der Waals surface area contributed by atoms with Gasteiger partial charge in [-0.1, -0.05) is 18.5 Å². The van der Waals surface area contributed by atoms with Gasteiger partial charge < -0.3 is 14.8 Å². The monoisotopic (exact) mass is 282 g/mol. The lowest BCUT2D eigenvalue weighted by atomic mass is 10.2. The first kappa shape index (κ1) is 13.7. The minimum Gasteiger partial charge on any atom is -0.493 e. The van der Waals surface area contributed by atoms with Crippen molar-refractivity contribution in [2.24, 2.45) is 4.99 Å². The number of halogens is 1. The number of rotatable bonds is 4. The van der Waals surface area contributed by atoms with Crippen LogP contribution in [0.2, 0.25) is 5.02 Å². The summed E-state index contributed by atoms with van der Waals surface area (Å²) in [6.07, 6.45) is 0.663. The molecule has 0 aromatic heterocycles. The van der Waals surface area contributed by atoms with Crippen LogP contribution in [-0.4, -0.2) is 32.0 Å². The van der Waals surface area contributed by atoms with Crippen molar-refractivity contribution in [1.29, 1.82) is 0 Å². The molecule has 1 aromatic rings. The summed E-state index contributed by atoms with van der Waals surface area (Å²) in [5.74, 6) is 1.38. The minimum absolute atomic E-state index is 0.0941. The Bertz CT molecular complexity index is 543. The van der Waals surface area contributed by atoms with Gasteiger partial charge in [0.25, 0.3) is 0 Å². The number of amides is 1. The third-order valence-electron chi connectivity index (χ3n) is 2.92. The van der Waals surface area contributed by atoms with Crippen molar-refractivity contribution < 1.29 is 14.3 Å². The molecule has 19 heavy (non-hydrogen) atoms. The zero-order valence-electron chi connectivity index (χ0n) is 11.0. The van der Waals surface area contributed by atoms with Crippen LogP contribution in [0.25, 0.3) is 0 Å². The van der Waals surface area contributed by atoms with Crippen LogP contribution >= 0.6 is 11.6 Å². The molecule has 0 aliphatic carbocycles. The number of benzene rings is 1. The van der Waals surface area contributed by atoms with Crippen molar-refractivity contribution in [2.75, 3.05) is 14.2 Å². The second-order valence-corrected chi connectivity index (χ2v) is 4.49. The van der Waals surface area contributed by atoms with Crippen LogP contribution < -0.4 is 14.8 Å². The largest absolute Gasteiger partial charge is 0.493 e. The van der Waals surface area contributed by atoms with Gasteiger partial charge in [0.1, 0.15) is 11.9 Å². The molecule has 102 valence electrons. The fourth-order valence-corrected chi connectivity index (χ4v) is 2.21. The lowest BCUT2D eigenvalue weighted by Crippen LogP contribution is -2.28. The van der Waals surface area contributed by atoms with Crippen molar-refractivity contribution in [3.8, 4) is 11.5 Å². The van der Waals surface area contributed by atoms with E-state index in [0.29, 0.717) is 34.3 Å². The summed E-state index contributed by atoms with van der Waals surface area (Å²) in [7, 11) is 3.05. The number of methoxy groups -OCH3 is 2. The number of amidine groups is 1. The molecule has 0 spiro atoms. The summed E-state index contributed by atoms with van der Waals surface area (Å²) >= 11 is 6.13. The number of nitrogens with zero attached hydrogens (tertiary/aromatic N) is 1. The quantitative estimate of drug-likeness (QED) is 0.919. The third-order valence-corrected chi connectivity index (χ3v) is 3.20. The van der Waals surface area contributed by atoms with Gasteiger partial charge in [0.15, 0.2) is 11.5 Å². The van der Waals surface area contributed by atoms with E-state index in [9.17, 15) is 4.79 Å². The lowest BCUT2D eigenvalue weighted by Gasteiger charge is -2.11. The van der Waals surface area contributed by atoms with Crippen molar-refractivity contribution in [3.63, 3.8) is 0 Å². The van der Waals surface area contributed by atoms with Gasteiger partial charge >= 0.3 is 0 Å². The smallest absolute Gasteiger partial charge is 0.250 e. The SMILES string of the molecule is CCC1N=C(c2cc(Cl)c(OC)c(OC)c2)NC1=O. The van der Waals surface area contributed by atoms with E-state index < -0.39 is 0 Å². The van der Waals surface area contributed by atoms with E-state index in [1.807, 2.05) is 6.92 Å². The van der Waals surface area contributed by atoms with Gasteiger partial charge in [0, 0.05) is 5.56 Å². The summed E-state index contributed by atoms with van der Waals surface area (Å²) in [6.45, 7) is 1.91. The Balaban J connectivity index is 2.42. The molecular weight excluding hydrogens is 268 g/mol. The van der Waals surface area contributed by atoms with Gasteiger partial charge in [-0.25, -0.2) is 0 Å². The van der Waals surface area contributed by atoms with E-state index in [0.717, 1.165) is 0 Å². The number of ether oxygens (including phenoxy) is 2. The fourth-order valence-electron chi connectivity index (χ4n) is 1.92. The normalized spacial score (nSPS) is 18.0. The number of nitrogens with one attached hydrogen (secondary N) is 1. The summed E-state index contributed by atoms with van der Waals surface area (Å²) in [5, 5.41) is 3.15. The predicted octanol–water partition coefficient (Wildman–Crippen LogP) is 2.01. The van der Waals surface area contributed by atoms with Crippen molar-refractivity contribution in [1.82, 2.24) is 5.32 Å². The van der Waals surface area contributed by atoms with E-state index in [1.165, 1.54) is 14.2 Å². The van der Waals surface area contributed by atoms with Crippen LogP contribution in [0.15, 0.2) is 17.1 Å². The van der Waals surface area contributed by atoms with E-state index in [4.69, 9.17) is 21.1 Å². The first-order valence-electron chi connectivity index (χ1n) is 5.91. The van der Waals surface area contributed by atoms with E-state index in [-0.39, 0.29) is 11.9 Å². The second-order valence-electron chi connectivity index (χ2n) is 4.08. The molecule has 1 N–H and O–H groups in total. The molecule has 2 rings (SSSR count). The summed E-state index contributed by atoms with van der Waals surface area (Å²) in [5.41, 5.74) is 0.701. The highest BCUT2D eigenvalue weighted by atomic mass is 35.5. The molecule has 0 saturated carbocycles. The van der Waals surface area contributed by atoms with E-state index >= 15 is 0 Å². The summed E-state index contributed by atoms with van der Waals surface area (Å²) in [4.78, 5) is 16.0. The molecule has 5 nitrogen and oxygen atoms in total. The number of hydrogen-bond acceptors (Lipinski definition) is 4. The molecule has 1 aliphatic heterocycles. The highest BCUT2D eigenvalue weighted by molar-refractivity contribution is 6.33. The van der Waals surface area contributed by atoms with Crippen LogP contribution in [-0.2, 0) is 4.79 Å². The Labute approximate surface area is 116 Å².